The van der Waals surface area contributed by atoms with Gasteiger partial charge in [-0.15, -0.1) is 0 Å². The van der Waals surface area contributed by atoms with E-state index in [0.29, 0.717) is 28.9 Å². The highest BCUT2D eigenvalue weighted by atomic mass is 32.2. The number of halogens is 3. The third-order valence-corrected chi connectivity index (χ3v) is 7.56. The Balaban J connectivity index is 1.35. The van der Waals surface area contributed by atoms with Gasteiger partial charge in [-0.25, -0.2) is 4.99 Å². The number of aliphatic imine (C=N–C) groups is 1. The second-order valence-corrected chi connectivity index (χ2v) is 11.5. The topological polar surface area (TPSA) is 96.9 Å². The summed E-state index contributed by atoms with van der Waals surface area (Å²) in [4.78, 5) is 17.0. The van der Waals surface area contributed by atoms with Crippen LogP contribution in [-0.2, 0) is 21.4 Å². The molecule has 12 heteroatoms. The van der Waals surface area contributed by atoms with E-state index in [-0.39, 0.29) is 16.8 Å². The van der Waals surface area contributed by atoms with Crippen molar-refractivity contribution in [3.05, 3.63) is 94.4 Å². The van der Waals surface area contributed by atoms with E-state index < -0.39 is 15.5 Å². The summed E-state index contributed by atoms with van der Waals surface area (Å²) in [5.41, 5.74) is -2.26. The molecule has 0 atom stereocenters. The van der Waals surface area contributed by atoms with E-state index in [2.05, 4.69) is 36.3 Å². The molecule has 1 saturated heterocycles. The van der Waals surface area contributed by atoms with E-state index in [1.165, 1.54) is 22.4 Å². The van der Waals surface area contributed by atoms with E-state index in [1.807, 2.05) is 36.4 Å². The first kappa shape index (κ1) is 28.2. The minimum absolute atomic E-state index is 0.267. The van der Waals surface area contributed by atoms with Gasteiger partial charge in [-0.05, 0) is 76.8 Å². The summed E-state index contributed by atoms with van der Waals surface area (Å²) in [6.45, 7) is 4.73. The molecule has 2 N–H and O–H groups in total. The molecule has 1 aliphatic rings. The Hall–Kier alpha value is -3.77. The van der Waals surface area contributed by atoms with Crippen LogP contribution in [0.1, 0.15) is 36.5 Å². The number of anilines is 1. The van der Waals surface area contributed by atoms with Gasteiger partial charge in [0.05, 0.1) is 10.6 Å². The highest BCUT2D eigenvalue weighted by molar-refractivity contribution is 8.18. The number of nitrogens with zero attached hydrogens (tertiary/aromatic N) is 1. The average molecular weight is 576 g/mol. The lowest BCUT2D eigenvalue weighted by molar-refractivity contribution is -0.115. The monoisotopic (exact) mass is 575 g/mol. The van der Waals surface area contributed by atoms with Gasteiger partial charge in [0.1, 0.15) is 12.4 Å². The Morgan fingerprint density at radius 2 is 1.64 bits per heavy atom. The first-order valence-electron chi connectivity index (χ1n) is 11.7. The normalized spacial score (nSPS) is 16.1. The number of carbonyl (C=O) groups excluding carboxylic acids is 1. The maximum absolute atomic E-state index is 12.5. The molecule has 0 saturated carbocycles. The van der Waals surface area contributed by atoms with Crippen LogP contribution in [0.25, 0.3) is 6.08 Å². The minimum Gasteiger partial charge on any atom is -0.489 e. The Kier molecular flexibility index (Phi) is 8.36. The molecule has 1 fully saturated rings. The molecule has 0 bridgehead atoms. The van der Waals surface area contributed by atoms with Gasteiger partial charge in [-0.1, -0.05) is 50.2 Å². The summed E-state index contributed by atoms with van der Waals surface area (Å²) in [6.07, 6.45) is 1.70. The van der Waals surface area contributed by atoms with Crippen molar-refractivity contribution in [2.45, 2.75) is 31.9 Å². The van der Waals surface area contributed by atoms with Gasteiger partial charge in [0.15, 0.2) is 5.17 Å². The summed E-state index contributed by atoms with van der Waals surface area (Å²) in [5, 5.41) is 2.90. The number of sulfonamides is 1. The largest absolute Gasteiger partial charge is 0.516 e. The predicted octanol–water partition coefficient (Wildman–Crippen LogP) is 6.54. The molecule has 3 aromatic carbocycles. The zero-order valence-corrected chi connectivity index (χ0v) is 22.5. The number of hydrogen-bond acceptors (Lipinski definition) is 6. The fraction of sp³-hybridized carbons (Fsp3) is 0.185. The Bertz CT molecular complexity index is 1500. The van der Waals surface area contributed by atoms with Gasteiger partial charge in [-0.2, -0.15) is 21.6 Å². The highest BCUT2D eigenvalue weighted by Crippen LogP contribution is 2.30. The molecule has 39 heavy (non-hydrogen) atoms. The van der Waals surface area contributed by atoms with Gasteiger partial charge < -0.3 is 10.1 Å². The molecule has 0 spiro atoms. The third kappa shape index (κ3) is 7.42. The van der Waals surface area contributed by atoms with Crippen LogP contribution < -0.4 is 14.8 Å². The van der Waals surface area contributed by atoms with Gasteiger partial charge in [0.2, 0.25) is 0 Å². The van der Waals surface area contributed by atoms with Crippen molar-refractivity contribution in [1.29, 1.82) is 0 Å². The molecule has 0 aliphatic carbocycles. The van der Waals surface area contributed by atoms with Crippen molar-refractivity contribution >= 4 is 50.3 Å². The lowest BCUT2D eigenvalue weighted by Crippen LogP contribution is -2.29. The highest BCUT2D eigenvalue weighted by Gasteiger charge is 2.46. The average Bonchev–Trinajstić information content (AvgIpc) is 3.22. The molecular formula is C27H24F3N3O4S2. The number of rotatable bonds is 8. The third-order valence-electron chi connectivity index (χ3n) is 5.54. The number of hydrogen-bond donors (Lipinski definition) is 2. The zero-order valence-electron chi connectivity index (χ0n) is 20.8. The second kappa shape index (κ2) is 11.5. The molecular weight excluding hydrogens is 551 g/mol. The van der Waals surface area contributed by atoms with Gasteiger partial charge in [-0.3, -0.25) is 9.52 Å². The van der Waals surface area contributed by atoms with Crippen LogP contribution in [0, 0.1) is 0 Å². The quantitative estimate of drug-likeness (QED) is 0.297. The van der Waals surface area contributed by atoms with Crippen LogP contribution in [0.4, 0.5) is 24.5 Å². The number of carbonyl (C=O) groups is 1. The molecule has 1 aliphatic heterocycles. The molecule has 4 rings (SSSR count). The van der Waals surface area contributed by atoms with Gasteiger partial charge >= 0.3 is 15.5 Å². The molecule has 0 aromatic heterocycles. The van der Waals surface area contributed by atoms with Crippen molar-refractivity contribution in [1.82, 2.24) is 5.32 Å². The van der Waals surface area contributed by atoms with Crippen LogP contribution in [0.15, 0.2) is 82.7 Å². The van der Waals surface area contributed by atoms with Crippen LogP contribution in [0.3, 0.4) is 0 Å². The standard InChI is InChI=1S/C27H24F3N3O4S2/c1-17(2)20-7-3-19(4-8-20)16-37-23-13-5-18(6-14-23)15-24-25(34)32-26(38-24)31-21-9-11-22(12-10-21)33-39(35,36)27(28,29)30/h3-15,17,33H,16H2,1-2H3,(H,31,32,34)/b24-15+. The van der Waals surface area contributed by atoms with Crippen LogP contribution in [0.2, 0.25) is 0 Å². The summed E-state index contributed by atoms with van der Waals surface area (Å²) in [6, 6.07) is 20.5. The summed E-state index contributed by atoms with van der Waals surface area (Å²) in [7, 11) is -5.52. The molecule has 0 unspecified atom stereocenters. The fourth-order valence-corrected chi connectivity index (χ4v) is 4.80. The minimum atomic E-state index is -5.52. The van der Waals surface area contributed by atoms with Crippen LogP contribution in [0.5, 0.6) is 5.75 Å². The van der Waals surface area contributed by atoms with E-state index in [0.717, 1.165) is 35.0 Å². The van der Waals surface area contributed by atoms with Crippen molar-refractivity contribution in [3.63, 3.8) is 0 Å². The SMILES string of the molecule is CC(C)c1ccc(COc2ccc(/C=C3/SC(=Nc4ccc(NS(=O)(=O)C(F)(F)F)cc4)NC3=O)cc2)cc1. The van der Waals surface area contributed by atoms with Gasteiger partial charge in [0, 0.05) is 5.69 Å². The number of ether oxygens (including phenoxy) is 1. The first-order chi connectivity index (χ1) is 18.4. The summed E-state index contributed by atoms with van der Waals surface area (Å²) < 4.78 is 67.3. The van der Waals surface area contributed by atoms with E-state index in [1.54, 1.807) is 6.08 Å². The predicted molar refractivity (Wildman–Crippen MR) is 147 cm³/mol. The fourth-order valence-electron chi connectivity index (χ4n) is 3.39. The number of amidine groups is 1. The summed E-state index contributed by atoms with van der Waals surface area (Å²) in [5.74, 6) is 0.811. The lowest BCUT2D eigenvalue weighted by atomic mass is 10.0. The summed E-state index contributed by atoms with van der Waals surface area (Å²) >= 11 is 1.10. The number of alkyl halides is 3. The first-order valence-corrected chi connectivity index (χ1v) is 14.0. The van der Waals surface area contributed by atoms with Crippen molar-refractivity contribution in [2.75, 3.05) is 4.72 Å². The molecule has 1 amide bonds. The zero-order chi connectivity index (χ0) is 28.2. The van der Waals surface area contributed by atoms with Crippen LogP contribution in [-0.4, -0.2) is 25.0 Å². The lowest BCUT2D eigenvalue weighted by Gasteiger charge is -2.10. The Morgan fingerprint density at radius 3 is 2.23 bits per heavy atom. The number of thioether (sulfide) groups is 1. The molecule has 1 heterocycles. The van der Waals surface area contributed by atoms with Gasteiger partial charge in [0.25, 0.3) is 5.91 Å². The number of amides is 1. The number of nitrogens with one attached hydrogen (secondary N) is 2. The van der Waals surface area contributed by atoms with Crippen molar-refractivity contribution < 1.29 is 31.1 Å². The van der Waals surface area contributed by atoms with E-state index >= 15 is 0 Å². The van der Waals surface area contributed by atoms with E-state index in [9.17, 15) is 26.4 Å². The molecule has 0 radical (unpaired) electrons. The second-order valence-electron chi connectivity index (χ2n) is 8.83. The van der Waals surface area contributed by atoms with Crippen LogP contribution >= 0.6 is 11.8 Å². The van der Waals surface area contributed by atoms with Crippen molar-refractivity contribution in [3.8, 4) is 5.75 Å². The van der Waals surface area contributed by atoms with E-state index in [4.69, 9.17) is 4.74 Å². The van der Waals surface area contributed by atoms with Crippen molar-refractivity contribution in [2.24, 2.45) is 4.99 Å². The number of benzene rings is 3. The maximum atomic E-state index is 12.5. The smallest absolute Gasteiger partial charge is 0.489 e. The molecule has 3 aromatic rings. The molecule has 7 nitrogen and oxygen atoms in total. The Morgan fingerprint density at radius 1 is 1.00 bits per heavy atom. The maximum Gasteiger partial charge on any atom is 0.516 e. The molecule has 204 valence electrons. The Labute approximate surface area is 228 Å².